The molecule has 4 N–H and O–H groups in total. The maximum Gasteiger partial charge on any atom is 0.339 e. The Labute approximate surface area is 225 Å². The van der Waals surface area contributed by atoms with E-state index in [2.05, 4.69) is 10.3 Å². The van der Waals surface area contributed by atoms with Crippen LogP contribution >= 0.6 is 19.6 Å². The monoisotopic (exact) mass is 580 g/mol. The average Bonchev–Trinajstić information content (AvgIpc) is 3.24. The summed E-state index contributed by atoms with van der Waals surface area (Å²) in [5, 5.41) is 19.1. The van der Waals surface area contributed by atoms with E-state index in [0.717, 1.165) is 10.8 Å². The number of rotatable bonds is 9. The predicted octanol–water partition coefficient (Wildman–Crippen LogP) is 1.67. The van der Waals surface area contributed by atoms with Gasteiger partial charge in [0.2, 0.25) is 5.12 Å². The molecule has 2 aliphatic rings. The highest BCUT2D eigenvalue weighted by atomic mass is 32.2. The molecule has 3 heterocycles. The van der Waals surface area contributed by atoms with Crippen LogP contribution in [0.4, 0.5) is 4.79 Å². The van der Waals surface area contributed by atoms with Crippen LogP contribution in [0.5, 0.6) is 0 Å². The topological polar surface area (TPSA) is 207 Å². The number of nitrogens with zero attached hydrogens (tertiary/aromatic N) is 1. The molecule has 0 bridgehead atoms. The Balaban J connectivity index is 1.54. The molecule has 208 valence electrons. The van der Waals surface area contributed by atoms with E-state index in [1.54, 1.807) is 26.0 Å². The van der Waals surface area contributed by atoms with Crippen LogP contribution in [0.1, 0.15) is 52.7 Å². The number of aliphatic hydroxyl groups excluding tert-OH is 1. The van der Waals surface area contributed by atoms with Crippen LogP contribution in [-0.2, 0) is 23.4 Å². The summed E-state index contributed by atoms with van der Waals surface area (Å²) in [6, 6.07) is 4.65. The number of ether oxygens (including phenoxy) is 2. The Kier molecular flexibility index (Phi) is 8.79. The van der Waals surface area contributed by atoms with E-state index in [0.29, 0.717) is 22.9 Å². The van der Waals surface area contributed by atoms with Crippen molar-refractivity contribution in [3.63, 3.8) is 0 Å². The Bertz CT molecular complexity index is 1490. The summed E-state index contributed by atoms with van der Waals surface area (Å²) >= 11 is 0.545. The lowest BCUT2D eigenvalue weighted by atomic mass is 9.97. The zero-order valence-corrected chi connectivity index (χ0v) is 22.5. The van der Waals surface area contributed by atoms with Gasteiger partial charge in [0.1, 0.15) is 17.8 Å². The number of benzene rings is 1. The molecule has 1 aromatic carbocycles. The fraction of sp³-hybridized carbons (Fsp3) is 0.435. The summed E-state index contributed by atoms with van der Waals surface area (Å²) in [5.74, 6) is -0.687. The maximum absolute atomic E-state index is 13.3. The number of thioether (sulfide) groups is 1. The van der Waals surface area contributed by atoms with Crippen LogP contribution in [0.2, 0.25) is 0 Å². The highest BCUT2D eigenvalue weighted by molar-refractivity contribution is 8.26. The first-order valence-corrected chi connectivity index (χ1v) is 13.7. The minimum Gasteiger partial charge on any atom is -0.388 e. The van der Waals surface area contributed by atoms with Gasteiger partial charge in [0, 0.05) is 29.9 Å². The SMILES string of the molecule is Cc1cc(C(=O)c2cn([C@@H]3O[C@H](COP(=N)=O)C[C@H]3O)c(=O)[nH]c2=O)ccc1C(C)OC1CNC(=O)SC1=O. The molecule has 3 unspecified atom stereocenters. The summed E-state index contributed by atoms with van der Waals surface area (Å²) in [5.41, 5.74) is -0.717. The van der Waals surface area contributed by atoms with E-state index in [-0.39, 0.29) is 30.7 Å². The quantitative estimate of drug-likeness (QED) is 0.248. The van der Waals surface area contributed by atoms with Gasteiger partial charge in [-0.05, 0) is 31.0 Å². The number of aromatic nitrogens is 2. The van der Waals surface area contributed by atoms with Gasteiger partial charge < -0.3 is 19.9 Å². The smallest absolute Gasteiger partial charge is 0.339 e. The van der Waals surface area contributed by atoms with Gasteiger partial charge in [0.25, 0.3) is 10.8 Å². The molecular formula is C23H25N4O10PS. The lowest BCUT2D eigenvalue weighted by Crippen LogP contribution is -2.42. The standard InChI is InChI=1S/C23H25N4O10PS/c1-10-5-12(3-4-14(10)11(2)36-17-7-25-23(33)39-21(17)31)18(29)15-8-27(22(32)26-19(15)30)20-16(28)6-13(37-20)9-35-38(24)34/h3-5,8,11,13,16-17,20,24,28H,6-7,9H2,1-2H3,(H,25,33)(H,26,30,32)/t11?,13-,16+,17?,20+/m0/s1. The molecule has 6 atom stereocenters. The van der Waals surface area contributed by atoms with E-state index in [9.17, 15) is 33.6 Å². The van der Waals surface area contributed by atoms with Gasteiger partial charge in [-0.15, -0.1) is 0 Å². The molecular weight excluding hydrogens is 555 g/mol. The fourth-order valence-electron chi connectivity index (χ4n) is 4.38. The van der Waals surface area contributed by atoms with Crippen LogP contribution in [0, 0.1) is 12.1 Å². The Hall–Kier alpha value is -3.20. The van der Waals surface area contributed by atoms with Crippen molar-refractivity contribution in [3.05, 3.63) is 67.5 Å². The normalized spacial score (nSPS) is 24.3. The third-order valence-electron chi connectivity index (χ3n) is 6.26. The number of aliphatic hydroxyl groups is 1. The van der Waals surface area contributed by atoms with E-state index in [1.807, 2.05) is 0 Å². The molecule has 2 aromatic rings. The van der Waals surface area contributed by atoms with Crippen LogP contribution < -0.4 is 16.6 Å². The molecule has 0 spiro atoms. The summed E-state index contributed by atoms with van der Waals surface area (Å²) in [4.78, 5) is 63.7. The van der Waals surface area contributed by atoms with Crippen molar-refractivity contribution in [2.45, 2.75) is 50.9 Å². The third kappa shape index (κ3) is 6.52. The number of amides is 1. The van der Waals surface area contributed by atoms with Gasteiger partial charge in [-0.25, -0.2) is 14.5 Å². The molecule has 39 heavy (non-hydrogen) atoms. The minimum absolute atomic E-state index is 0.0150. The third-order valence-corrected chi connectivity index (χ3v) is 7.43. The second-order valence-electron chi connectivity index (χ2n) is 8.97. The van der Waals surface area contributed by atoms with E-state index < -0.39 is 65.9 Å². The van der Waals surface area contributed by atoms with Gasteiger partial charge in [-0.2, -0.15) is 0 Å². The lowest BCUT2D eigenvalue weighted by molar-refractivity contribution is -0.124. The zero-order valence-electron chi connectivity index (χ0n) is 20.7. The first kappa shape index (κ1) is 28.8. The van der Waals surface area contributed by atoms with E-state index in [1.165, 1.54) is 6.07 Å². The number of nitrogens with one attached hydrogen (secondary N) is 3. The molecule has 2 fully saturated rings. The zero-order chi connectivity index (χ0) is 28.4. The summed E-state index contributed by atoms with van der Waals surface area (Å²) in [7, 11) is -2.63. The average molecular weight is 581 g/mol. The van der Waals surface area contributed by atoms with Crippen molar-refractivity contribution in [2.75, 3.05) is 13.2 Å². The number of hydrogen-bond donors (Lipinski definition) is 4. The van der Waals surface area contributed by atoms with Gasteiger partial charge >= 0.3 is 13.5 Å². The number of carbonyl (C=O) groups excluding carboxylic acids is 3. The van der Waals surface area contributed by atoms with E-state index in [4.69, 9.17) is 19.2 Å². The molecule has 14 nitrogen and oxygen atoms in total. The first-order valence-electron chi connectivity index (χ1n) is 11.7. The molecule has 2 saturated heterocycles. The van der Waals surface area contributed by atoms with Gasteiger partial charge in [0.05, 0.1) is 25.4 Å². The van der Waals surface area contributed by atoms with Crippen LogP contribution in [-0.4, -0.2) is 62.3 Å². The number of hydrogen-bond acceptors (Lipinski definition) is 12. The van der Waals surface area contributed by atoms with Crippen molar-refractivity contribution in [1.82, 2.24) is 14.9 Å². The molecule has 2 aliphatic heterocycles. The van der Waals surface area contributed by atoms with Crippen molar-refractivity contribution >= 4 is 35.7 Å². The summed E-state index contributed by atoms with van der Waals surface area (Å²) in [6.07, 6.45) is -3.54. The first-order chi connectivity index (χ1) is 18.4. The Morgan fingerprint density at radius 2 is 2.08 bits per heavy atom. The molecule has 4 rings (SSSR count). The number of H-pyrrole nitrogens is 1. The Morgan fingerprint density at radius 1 is 1.33 bits per heavy atom. The maximum atomic E-state index is 13.3. The van der Waals surface area contributed by atoms with Crippen LogP contribution in [0.15, 0.2) is 34.0 Å². The Morgan fingerprint density at radius 3 is 2.74 bits per heavy atom. The van der Waals surface area contributed by atoms with Gasteiger partial charge in [-0.1, -0.05) is 12.1 Å². The summed E-state index contributed by atoms with van der Waals surface area (Å²) in [6.45, 7) is 3.27. The van der Waals surface area contributed by atoms with Gasteiger partial charge in [-0.3, -0.25) is 33.3 Å². The van der Waals surface area contributed by atoms with Crippen LogP contribution in [0.25, 0.3) is 0 Å². The van der Waals surface area contributed by atoms with Gasteiger partial charge in [0.15, 0.2) is 12.0 Å². The fourth-order valence-corrected chi connectivity index (χ4v) is 5.29. The van der Waals surface area contributed by atoms with Crippen molar-refractivity contribution in [2.24, 2.45) is 0 Å². The summed E-state index contributed by atoms with van der Waals surface area (Å²) < 4.78 is 27.9. The highest BCUT2D eigenvalue weighted by Gasteiger charge is 2.37. The molecule has 0 saturated carbocycles. The van der Waals surface area contributed by atoms with Crippen molar-refractivity contribution in [3.8, 4) is 0 Å². The van der Waals surface area contributed by atoms with Crippen LogP contribution in [0.3, 0.4) is 0 Å². The van der Waals surface area contributed by atoms with E-state index >= 15 is 0 Å². The van der Waals surface area contributed by atoms with Crippen molar-refractivity contribution in [1.29, 1.82) is 5.16 Å². The minimum atomic E-state index is -2.63. The number of aryl methyl sites for hydroxylation is 1. The number of aromatic amines is 1. The van der Waals surface area contributed by atoms with Crippen molar-refractivity contribution < 1.29 is 38.1 Å². The molecule has 1 aromatic heterocycles. The number of carbonyl (C=O) groups is 3. The molecule has 1 amide bonds. The second kappa shape index (κ2) is 11.9. The molecule has 16 heteroatoms. The largest absolute Gasteiger partial charge is 0.388 e. The molecule has 0 aliphatic carbocycles. The predicted molar refractivity (Wildman–Crippen MR) is 136 cm³/mol. The highest BCUT2D eigenvalue weighted by Crippen LogP contribution is 2.30. The lowest BCUT2D eigenvalue weighted by Gasteiger charge is -2.25. The second-order valence-corrected chi connectivity index (χ2v) is 10.7. The molecule has 0 radical (unpaired) electrons. The number of ketones is 1.